The van der Waals surface area contributed by atoms with E-state index >= 15 is 0 Å². The van der Waals surface area contributed by atoms with Gasteiger partial charge in [0.1, 0.15) is 5.82 Å². The molecule has 0 saturated carbocycles. The van der Waals surface area contributed by atoms with Crippen LogP contribution in [-0.4, -0.2) is 37.6 Å². The molecule has 1 amide bonds. The van der Waals surface area contributed by atoms with Gasteiger partial charge in [0.05, 0.1) is 17.3 Å². The van der Waals surface area contributed by atoms with E-state index in [1.54, 1.807) is 18.2 Å². The van der Waals surface area contributed by atoms with Gasteiger partial charge in [0, 0.05) is 16.9 Å². The van der Waals surface area contributed by atoms with Gasteiger partial charge in [0.2, 0.25) is 5.91 Å². The van der Waals surface area contributed by atoms with Crippen molar-refractivity contribution in [1.82, 2.24) is 5.32 Å². The van der Waals surface area contributed by atoms with Crippen molar-refractivity contribution in [2.75, 3.05) is 17.3 Å². The van der Waals surface area contributed by atoms with E-state index < -0.39 is 9.84 Å². The Balaban J connectivity index is 1.80. The summed E-state index contributed by atoms with van der Waals surface area (Å²) >= 11 is 1.33. The standard InChI is InChI=1S/C14H18FNO3S2/c1-10(12-4-2-3-5-13(12)15)20-8-14(17)16-11-6-7-21(18,19)9-11/h2-5,10-11H,6-9H2,1H3,(H,16,17)/t10-,11-/m1/s1. The molecular formula is C14H18FNO3S2. The molecule has 1 heterocycles. The van der Waals surface area contributed by atoms with E-state index in [-0.39, 0.29) is 40.3 Å². The van der Waals surface area contributed by atoms with Gasteiger partial charge in [-0.3, -0.25) is 4.79 Å². The Morgan fingerprint density at radius 3 is 2.81 bits per heavy atom. The van der Waals surface area contributed by atoms with Crippen molar-refractivity contribution in [3.63, 3.8) is 0 Å². The zero-order valence-corrected chi connectivity index (χ0v) is 13.3. The summed E-state index contributed by atoms with van der Waals surface area (Å²) in [6, 6.07) is 6.21. The maximum Gasteiger partial charge on any atom is 0.230 e. The maximum absolute atomic E-state index is 13.6. The van der Waals surface area contributed by atoms with E-state index in [1.165, 1.54) is 17.8 Å². The average molecular weight is 331 g/mol. The van der Waals surface area contributed by atoms with Crippen LogP contribution in [0.4, 0.5) is 4.39 Å². The maximum atomic E-state index is 13.6. The van der Waals surface area contributed by atoms with Gasteiger partial charge in [-0.05, 0) is 19.4 Å². The summed E-state index contributed by atoms with van der Waals surface area (Å²) in [5.74, 6) is -0.139. The Hall–Kier alpha value is -1.08. The quantitative estimate of drug-likeness (QED) is 0.895. The average Bonchev–Trinajstić information content (AvgIpc) is 2.75. The lowest BCUT2D eigenvalue weighted by atomic mass is 10.1. The number of amides is 1. The third-order valence-electron chi connectivity index (χ3n) is 3.41. The highest BCUT2D eigenvalue weighted by Gasteiger charge is 2.28. The van der Waals surface area contributed by atoms with Gasteiger partial charge >= 0.3 is 0 Å². The number of thioether (sulfide) groups is 1. The first-order chi connectivity index (χ1) is 9.87. The van der Waals surface area contributed by atoms with Crippen molar-refractivity contribution in [2.45, 2.75) is 24.6 Å². The van der Waals surface area contributed by atoms with Gasteiger partial charge in [0.25, 0.3) is 0 Å². The van der Waals surface area contributed by atoms with E-state index in [1.807, 2.05) is 6.92 Å². The molecule has 1 aromatic carbocycles. The summed E-state index contributed by atoms with van der Waals surface area (Å²) in [6.45, 7) is 1.84. The summed E-state index contributed by atoms with van der Waals surface area (Å²) in [5, 5.41) is 2.59. The van der Waals surface area contributed by atoms with Crippen LogP contribution in [0.3, 0.4) is 0 Å². The molecule has 1 saturated heterocycles. The number of carbonyl (C=O) groups is 1. The predicted octanol–water partition coefficient (Wildman–Crippen LogP) is 1.92. The topological polar surface area (TPSA) is 63.2 Å². The molecular weight excluding hydrogens is 313 g/mol. The van der Waals surface area contributed by atoms with E-state index in [2.05, 4.69) is 5.32 Å². The van der Waals surface area contributed by atoms with E-state index in [0.29, 0.717) is 12.0 Å². The number of carbonyl (C=O) groups excluding carboxylic acids is 1. The van der Waals surface area contributed by atoms with Gasteiger partial charge in [0.15, 0.2) is 9.84 Å². The number of benzene rings is 1. The predicted molar refractivity (Wildman–Crippen MR) is 82.5 cm³/mol. The Bertz CT molecular complexity index is 618. The van der Waals surface area contributed by atoms with Crippen LogP contribution < -0.4 is 5.32 Å². The van der Waals surface area contributed by atoms with Crippen LogP contribution in [0.5, 0.6) is 0 Å². The number of halogens is 1. The molecule has 1 aliphatic heterocycles. The molecule has 1 fully saturated rings. The fraction of sp³-hybridized carbons (Fsp3) is 0.500. The number of hydrogen-bond donors (Lipinski definition) is 1. The van der Waals surface area contributed by atoms with Gasteiger partial charge in [-0.1, -0.05) is 18.2 Å². The second-order valence-electron chi connectivity index (χ2n) is 5.14. The van der Waals surface area contributed by atoms with E-state index in [9.17, 15) is 17.6 Å². The lowest BCUT2D eigenvalue weighted by Crippen LogP contribution is -2.36. The summed E-state index contributed by atoms with van der Waals surface area (Å²) in [5.41, 5.74) is 0.568. The lowest BCUT2D eigenvalue weighted by molar-refractivity contribution is -0.119. The van der Waals surface area contributed by atoms with Gasteiger partial charge < -0.3 is 5.32 Å². The highest BCUT2D eigenvalue weighted by Crippen LogP contribution is 2.29. The van der Waals surface area contributed by atoms with Crippen molar-refractivity contribution in [1.29, 1.82) is 0 Å². The zero-order valence-electron chi connectivity index (χ0n) is 11.7. The highest BCUT2D eigenvalue weighted by molar-refractivity contribution is 8.00. The van der Waals surface area contributed by atoms with Crippen LogP contribution in [0.1, 0.15) is 24.2 Å². The minimum Gasteiger partial charge on any atom is -0.352 e. The Labute approximate surface area is 128 Å². The van der Waals surface area contributed by atoms with Crippen LogP contribution >= 0.6 is 11.8 Å². The molecule has 0 radical (unpaired) electrons. The van der Waals surface area contributed by atoms with Crippen LogP contribution in [0, 0.1) is 5.82 Å². The normalized spacial score (nSPS) is 21.9. The van der Waals surface area contributed by atoms with Crippen LogP contribution in [0.2, 0.25) is 0 Å². The second kappa shape index (κ2) is 6.79. The van der Waals surface area contributed by atoms with Crippen LogP contribution in [0.15, 0.2) is 24.3 Å². The molecule has 1 aromatic rings. The first-order valence-electron chi connectivity index (χ1n) is 6.73. The molecule has 0 spiro atoms. The smallest absolute Gasteiger partial charge is 0.230 e. The van der Waals surface area contributed by atoms with Gasteiger partial charge in [-0.15, -0.1) is 11.8 Å². The summed E-state index contributed by atoms with van der Waals surface area (Å²) in [4.78, 5) is 11.8. The molecule has 0 aliphatic carbocycles. The molecule has 1 aliphatic rings. The molecule has 0 bridgehead atoms. The summed E-state index contributed by atoms with van der Waals surface area (Å²) < 4.78 is 36.2. The SMILES string of the molecule is C[C@@H](SCC(=O)N[C@@H]1CCS(=O)(=O)C1)c1ccccc1F. The first-order valence-corrected chi connectivity index (χ1v) is 9.60. The Morgan fingerprint density at radius 2 is 2.19 bits per heavy atom. The molecule has 4 nitrogen and oxygen atoms in total. The van der Waals surface area contributed by atoms with Crippen molar-refractivity contribution in [2.24, 2.45) is 0 Å². The first kappa shape index (κ1) is 16.3. The molecule has 2 atom stereocenters. The monoisotopic (exact) mass is 331 g/mol. The van der Waals surface area contributed by atoms with Crippen molar-refractivity contribution in [3.05, 3.63) is 35.6 Å². The summed E-state index contributed by atoms with van der Waals surface area (Å²) in [6.07, 6.45) is 0.474. The van der Waals surface area contributed by atoms with Crippen LogP contribution in [0.25, 0.3) is 0 Å². The molecule has 116 valence electrons. The molecule has 7 heteroatoms. The Morgan fingerprint density at radius 1 is 1.48 bits per heavy atom. The Kier molecular flexibility index (Phi) is 5.27. The molecule has 21 heavy (non-hydrogen) atoms. The molecule has 2 rings (SSSR count). The highest BCUT2D eigenvalue weighted by atomic mass is 32.2. The van der Waals surface area contributed by atoms with Crippen LogP contribution in [-0.2, 0) is 14.6 Å². The number of hydrogen-bond acceptors (Lipinski definition) is 4. The third-order valence-corrected chi connectivity index (χ3v) is 6.36. The van der Waals surface area contributed by atoms with Crippen molar-refractivity contribution < 1.29 is 17.6 Å². The minimum atomic E-state index is -2.99. The minimum absolute atomic E-state index is 0.0201. The fourth-order valence-corrected chi connectivity index (χ4v) is 4.80. The fourth-order valence-electron chi connectivity index (χ4n) is 2.27. The number of rotatable bonds is 5. The molecule has 1 N–H and O–H groups in total. The molecule has 0 aromatic heterocycles. The third kappa shape index (κ3) is 4.71. The molecule has 0 unspecified atom stereocenters. The zero-order chi connectivity index (χ0) is 15.5. The number of sulfone groups is 1. The van der Waals surface area contributed by atoms with E-state index in [0.717, 1.165) is 0 Å². The van der Waals surface area contributed by atoms with Crippen molar-refractivity contribution in [3.8, 4) is 0 Å². The van der Waals surface area contributed by atoms with E-state index in [4.69, 9.17) is 0 Å². The lowest BCUT2D eigenvalue weighted by Gasteiger charge is -2.14. The van der Waals surface area contributed by atoms with Gasteiger partial charge in [-0.2, -0.15) is 0 Å². The summed E-state index contributed by atoms with van der Waals surface area (Å²) in [7, 11) is -2.99. The second-order valence-corrected chi connectivity index (χ2v) is 8.70. The van der Waals surface area contributed by atoms with Gasteiger partial charge in [-0.25, -0.2) is 12.8 Å². The van der Waals surface area contributed by atoms with Crippen molar-refractivity contribution >= 4 is 27.5 Å². The largest absolute Gasteiger partial charge is 0.352 e. The number of nitrogens with one attached hydrogen (secondary N) is 1.